The molecule has 3 N–H and O–H groups in total. The molecule has 0 atom stereocenters. The van der Waals surface area contributed by atoms with Crippen molar-refractivity contribution < 1.29 is 34.6 Å². The van der Waals surface area contributed by atoms with Crippen molar-refractivity contribution in [2.75, 3.05) is 23.1 Å². The molecule has 2 aromatic heterocycles. The van der Waals surface area contributed by atoms with Crippen molar-refractivity contribution in [3.8, 4) is 0 Å². The number of rotatable bonds is 5. The minimum atomic E-state index is -3.41. The van der Waals surface area contributed by atoms with E-state index < -0.39 is 21.5 Å². The van der Waals surface area contributed by atoms with Gasteiger partial charge in [0.1, 0.15) is 0 Å². The molecule has 125 valence electrons. The molecule has 0 spiro atoms. The van der Waals surface area contributed by atoms with Crippen LogP contribution in [-0.2, 0) is 31.6 Å². The summed E-state index contributed by atoms with van der Waals surface area (Å²) in [4.78, 5) is 19.4. The van der Waals surface area contributed by atoms with Gasteiger partial charge in [-0.05, 0) is 0 Å². The van der Waals surface area contributed by atoms with Crippen molar-refractivity contribution in [2.45, 2.75) is 0 Å². The average molecular weight is 385 g/mol. The summed E-state index contributed by atoms with van der Waals surface area (Å²) in [7, 11) is -3.41. The summed E-state index contributed by atoms with van der Waals surface area (Å²) < 4.78 is 28.3. The first-order valence-corrected chi connectivity index (χ1v) is 9.32. The van der Waals surface area contributed by atoms with Crippen molar-refractivity contribution in [2.24, 2.45) is 0 Å². The van der Waals surface area contributed by atoms with Crippen LogP contribution in [0.5, 0.6) is 0 Å². The van der Waals surface area contributed by atoms with E-state index in [1.807, 2.05) is 0 Å². The Morgan fingerprint density at radius 2 is 2.17 bits per heavy atom. The number of aromatic nitrogens is 2. The second-order valence-electron chi connectivity index (χ2n) is 4.93. The van der Waals surface area contributed by atoms with Crippen molar-refractivity contribution >= 4 is 44.3 Å². The molecule has 0 radical (unpaired) electrons. The third kappa shape index (κ3) is 4.88. The number of anilines is 2. The van der Waals surface area contributed by atoms with Crippen LogP contribution in [0.2, 0.25) is 0 Å². The van der Waals surface area contributed by atoms with Gasteiger partial charge >= 0.3 is 147 Å². The average Bonchev–Trinajstić information content (AvgIpc) is 2.89. The molecule has 0 bridgehead atoms. The molecule has 0 fully saturated rings. The first-order chi connectivity index (χ1) is 11.2. The van der Waals surface area contributed by atoms with Gasteiger partial charge in [-0.15, -0.1) is 0 Å². The van der Waals surface area contributed by atoms with Crippen LogP contribution in [-0.4, -0.2) is 40.5 Å². The van der Waals surface area contributed by atoms with Gasteiger partial charge in [0, 0.05) is 0 Å². The molecule has 2 aromatic rings. The van der Waals surface area contributed by atoms with Crippen LogP contribution in [0.1, 0.15) is 5.76 Å². The fraction of sp³-hybridized carbons (Fsp3) is 0.143. The molecule has 0 unspecified atom stereocenters. The number of nitrogens with one attached hydrogen (secondary N) is 1. The second kappa shape index (κ2) is 7.12. The van der Waals surface area contributed by atoms with Gasteiger partial charge < -0.3 is 0 Å². The summed E-state index contributed by atoms with van der Waals surface area (Å²) in [5, 5.41) is 3.41. The normalized spacial score (nSPS) is 12.1. The number of sulfone groups is 1. The van der Waals surface area contributed by atoms with Gasteiger partial charge in [-0.3, -0.25) is 0 Å². The Bertz CT molecular complexity index is 1010. The monoisotopic (exact) mass is 385 g/mol. The van der Waals surface area contributed by atoms with Gasteiger partial charge in [-0.1, -0.05) is 0 Å². The third-order valence-electron chi connectivity index (χ3n) is 2.79. The Morgan fingerprint density at radius 1 is 1.46 bits per heavy atom. The summed E-state index contributed by atoms with van der Waals surface area (Å²) in [6.07, 6.45) is 3.99. The molecule has 0 aliphatic rings. The second-order valence-corrected chi connectivity index (χ2v) is 7.82. The Labute approximate surface area is 146 Å². The van der Waals surface area contributed by atoms with Gasteiger partial charge in [-0.2, -0.15) is 0 Å². The molecule has 8 nitrogen and oxygen atoms in total. The van der Waals surface area contributed by atoms with Gasteiger partial charge in [0.2, 0.25) is 0 Å². The van der Waals surface area contributed by atoms with Crippen LogP contribution in [0.15, 0.2) is 22.9 Å². The van der Waals surface area contributed by atoms with Gasteiger partial charge in [0.25, 0.3) is 0 Å². The molecule has 10 heteroatoms. The molecular weight excluding hydrogens is 371 g/mol. The molecule has 0 saturated heterocycles. The number of hydrogen-bond acceptors (Lipinski definition) is 7. The number of nitrogens with zero attached hydrogens (tertiary/aromatic N) is 2. The van der Waals surface area contributed by atoms with Crippen LogP contribution in [0.25, 0.3) is 12.7 Å². The van der Waals surface area contributed by atoms with Gasteiger partial charge in [0.15, 0.2) is 0 Å². The molecule has 2 rings (SSSR count). The summed E-state index contributed by atoms with van der Waals surface area (Å²) in [6, 6.07) is 3.15. The Morgan fingerprint density at radius 3 is 2.79 bits per heavy atom. The summed E-state index contributed by atoms with van der Waals surface area (Å²) in [5.41, 5.74) is 5.79. The molecule has 0 saturated carbocycles. The number of nitrogens with two attached hydrogens (primary N) is 1. The maximum atomic E-state index is 11.6. The number of nitrogen functional groups attached to an aromatic ring is 1. The maximum absolute atomic E-state index is 11.6. The van der Waals surface area contributed by atoms with E-state index >= 15 is 0 Å². The van der Waals surface area contributed by atoms with Gasteiger partial charge in [0.05, 0.1) is 0 Å². The predicted octanol–water partition coefficient (Wildman–Crippen LogP) is -1.41. The van der Waals surface area contributed by atoms with E-state index in [0.29, 0.717) is 20.6 Å². The van der Waals surface area contributed by atoms with Crippen LogP contribution in [0.3, 0.4) is 0 Å². The first-order valence-electron chi connectivity index (χ1n) is 6.56. The SMILES string of the molecule is C=c1ncnc(N)/c1=C/[C](=[V])c1ccc(NC(=O)CS(C)(=O)=O)o1. The van der Waals surface area contributed by atoms with Crippen molar-refractivity contribution in [1.82, 2.24) is 9.97 Å². The first kappa shape index (κ1) is 18.1. The fourth-order valence-electron chi connectivity index (χ4n) is 1.77. The molecular formula is C14H14N4O4SV. The molecule has 2 heterocycles. The molecule has 24 heavy (non-hydrogen) atoms. The number of amides is 1. The molecule has 0 aliphatic heterocycles. The summed E-state index contributed by atoms with van der Waals surface area (Å²) >= 11 is 2.30. The van der Waals surface area contributed by atoms with Crippen molar-refractivity contribution in [1.29, 1.82) is 0 Å². The molecule has 1 amide bonds. The fourth-order valence-corrected chi connectivity index (χ4v) is 2.70. The number of carbonyl (C=O) groups is 1. The van der Waals surface area contributed by atoms with Crippen molar-refractivity contribution in [3.05, 3.63) is 34.8 Å². The van der Waals surface area contributed by atoms with Crippen LogP contribution >= 0.6 is 0 Å². The zero-order valence-electron chi connectivity index (χ0n) is 12.7. The van der Waals surface area contributed by atoms with Crippen LogP contribution < -0.4 is 21.6 Å². The van der Waals surface area contributed by atoms with E-state index in [9.17, 15) is 13.2 Å². The number of hydrogen-bond donors (Lipinski definition) is 2. The minimum absolute atomic E-state index is 0.141. The Kier molecular flexibility index (Phi) is 5.38. The zero-order valence-corrected chi connectivity index (χ0v) is 14.9. The van der Waals surface area contributed by atoms with Crippen LogP contribution in [0.4, 0.5) is 11.7 Å². The Hall–Kier alpha value is -2.23. The molecule has 0 aromatic carbocycles. The van der Waals surface area contributed by atoms with E-state index in [0.717, 1.165) is 6.26 Å². The van der Waals surface area contributed by atoms with Crippen LogP contribution in [0, 0.1) is 0 Å². The van der Waals surface area contributed by atoms with E-state index in [-0.39, 0.29) is 11.7 Å². The van der Waals surface area contributed by atoms with Crippen molar-refractivity contribution in [3.63, 3.8) is 0 Å². The van der Waals surface area contributed by atoms with E-state index in [2.05, 4.69) is 38.8 Å². The summed E-state index contributed by atoms with van der Waals surface area (Å²) in [6.45, 7) is 3.78. The zero-order chi connectivity index (χ0) is 17.9. The van der Waals surface area contributed by atoms with Gasteiger partial charge in [-0.25, -0.2) is 0 Å². The standard InChI is InChI=1S/C14H14N4O4S.V/c1-9-11(14(15)17-8-16-9)5-3-10-4-6-13(22-10)18-12(19)7-23(2,20)21;/h4-6,8H,1,7H2,2H3,(H,18,19)(H2,15,16,17);/b11-5+;. The number of carbonyl (C=O) groups excluding carboxylic acids is 1. The topological polar surface area (TPSA) is 128 Å². The predicted molar refractivity (Wildman–Crippen MR) is 86.8 cm³/mol. The summed E-state index contributed by atoms with van der Waals surface area (Å²) in [5.74, 6) is -0.409. The Balaban J connectivity index is 2.20. The quantitative estimate of drug-likeness (QED) is 0.647. The number of furan rings is 1. The van der Waals surface area contributed by atoms with E-state index in [4.69, 9.17) is 10.2 Å². The van der Waals surface area contributed by atoms with E-state index in [1.165, 1.54) is 12.4 Å². The molecule has 0 aliphatic carbocycles. The third-order valence-corrected chi connectivity index (χ3v) is 4.12. The van der Waals surface area contributed by atoms with E-state index in [1.54, 1.807) is 12.1 Å².